The van der Waals surface area contributed by atoms with Crippen LogP contribution in [0.3, 0.4) is 0 Å². The maximum Gasteiger partial charge on any atom is 0.307 e. The van der Waals surface area contributed by atoms with Crippen LogP contribution in [-0.2, 0) is 17.8 Å². The monoisotopic (exact) mass is 315 g/mol. The number of rotatable bonds is 4. The van der Waals surface area contributed by atoms with E-state index in [0.717, 1.165) is 23.0 Å². The van der Waals surface area contributed by atoms with Crippen LogP contribution in [0.2, 0.25) is 0 Å². The third kappa shape index (κ3) is 2.65. The van der Waals surface area contributed by atoms with Crippen molar-refractivity contribution in [1.82, 2.24) is 4.57 Å². The van der Waals surface area contributed by atoms with Crippen LogP contribution in [0.4, 0.5) is 0 Å². The molecule has 0 aliphatic rings. The van der Waals surface area contributed by atoms with Gasteiger partial charge in [0.1, 0.15) is 0 Å². The molecule has 3 aromatic carbocycles. The summed E-state index contributed by atoms with van der Waals surface area (Å²) in [4.78, 5) is 11.0. The Kier molecular flexibility index (Phi) is 3.54. The van der Waals surface area contributed by atoms with Crippen LogP contribution in [0.25, 0.3) is 21.7 Å². The average molecular weight is 315 g/mol. The Hall–Kier alpha value is -3.07. The molecule has 0 bridgehead atoms. The quantitative estimate of drug-likeness (QED) is 0.604. The van der Waals surface area contributed by atoms with Gasteiger partial charge in [-0.25, -0.2) is 0 Å². The van der Waals surface area contributed by atoms with E-state index in [4.69, 9.17) is 5.11 Å². The van der Waals surface area contributed by atoms with E-state index < -0.39 is 5.97 Å². The van der Waals surface area contributed by atoms with Crippen LogP contribution in [-0.4, -0.2) is 15.6 Å². The fraction of sp³-hybridized carbons (Fsp3) is 0.0952. The second-order valence-electron chi connectivity index (χ2n) is 6.05. The van der Waals surface area contributed by atoms with Crippen molar-refractivity contribution in [2.75, 3.05) is 0 Å². The van der Waals surface area contributed by atoms with E-state index in [9.17, 15) is 4.79 Å². The highest BCUT2D eigenvalue weighted by atomic mass is 16.4. The van der Waals surface area contributed by atoms with Crippen molar-refractivity contribution in [1.29, 1.82) is 0 Å². The summed E-state index contributed by atoms with van der Waals surface area (Å²) in [5.41, 5.74) is 3.16. The van der Waals surface area contributed by atoms with Gasteiger partial charge in [-0.1, -0.05) is 54.6 Å². The fourth-order valence-electron chi connectivity index (χ4n) is 3.27. The van der Waals surface area contributed by atoms with Crippen LogP contribution in [0.5, 0.6) is 0 Å². The van der Waals surface area contributed by atoms with Crippen molar-refractivity contribution in [2.45, 2.75) is 13.0 Å². The molecule has 0 atom stereocenters. The fourth-order valence-corrected chi connectivity index (χ4v) is 3.27. The van der Waals surface area contributed by atoms with Crippen molar-refractivity contribution in [2.24, 2.45) is 0 Å². The van der Waals surface area contributed by atoms with Crippen LogP contribution < -0.4 is 0 Å². The van der Waals surface area contributed by atoms with Gasteiger partial charge in [-0.3, -0.25) is 4.79 Å². The first-order chi connectivity index (χ1) is 11.7. The van der Waals surface area contributed by atoms with E-state index in [2.05, 4.69) is 59.3 Å². The van der Waals surface area contributed by atoms with Crippen molar-refractivity contribution in [3.8, 4) is 0 Å². The molecule has 3 nitrogen and oxygen atoms in total. The largest absolute Gasteiger partial charge is 0.481 e. The number of hydrogen-bond donors (Lipinski definition) is 1. The number of aliphatic carboxylic acids is 1. The molecule has 24 heavy (non-hydrogen) atoms. The lowest BCUT2D eigenvalue weighted by Crippen LogP contribution is -2.02. The molecule has 0 saturated carbocycles. The van der Waals surface area contributed by atoms with Crippen LogP contribution in [0.1, 0.15) is 11.1 Å². The van der Waals surface area contributed by atoms with Gasteiger partial charge in [-0.05, 0) is 39.4 Å². The minimum atomic E-state index is -0.804. The predicted molar refractivity (Wildman–Crippen MR) is 96.3 cm³/mol. The Morgan fingerprint density at radius 1 is 0.917 bits per heavy atom. The van der Waals surface area contributed by atoms with Crippen LogP contribution >= 0.6 is 0 Å². The number of nitrogens with zero attached hydrogens (tertiary/aromatic N) is 1. The van der Waals surface area contributed by atoms with Crippen molar-refractivity contribution < 1.29 is 9.90 Å². The maximum absolute atomic E-state index is 11.0. The first kappa shape index (κ1) is 14.5. The highest BCUT2D eigenvalue weighted by Crippen LogP contribution is 2.23. The van der Waals surface area contributed by atoms with E-state index in [0.29, 0.717) is 0 Å². The number of carbonyl (C=O) groups is 1. The zero-order chi connectivity index (χ0) is 16.5. The lowest BCUT2D eigenvalue weighted by atomic mass is 10.0. The molecular weight excluding hydrogens is 298 g/mol. The summed E-state index contributed by atoms with van der Waals surface area (Å²) in [6.07, 6.45) is 2.12. The minimum absolute atomic E-state index is 0.0510. The Labute approximate surface area is 139 Å². The molecule has 0 amide bonds. The van der Waals surface area contributed by atoms with Gasteiger partial charge >= 0.3 is 5.97 Å². The maximum atomic E-state index is 11.0. The normalized spacial score (nSPS) is 11.2. The molecule has 1 N–H and O–H groups in total. The molecule has 0 aliphatic carbocycles. The summed E-state index contributed by atoms with van der Waals surface area (Å²) in [6.45, 7) is 0.765. The molecule has 1 aromatic heterocycles. The summed E-state index contributed by atoms with van der Waals surface area (Å²) < 4.78 is 2.18. The first-order valence-corrected chi connectivity index (χ1v) is 7.97. The van der Waals surface area contributed by atoms with Crippen molar-refractivity contribution in [3.63, 3.8) is 0 Å². The summed E-state index contributed by atoms with van der Waals surface area (Å²) in [6, 6.07) is 22.7. The smallest absolute Gasteiger partial charge is 0.307 e. The molecule has 0 radical (unpaired) electrons. The molecule has 4 rings (SSSR count). The molecule has 3 heteroatoms. The van der Waals surface area contributed by atoms with Crippen molar-refractivity contribution in [3.05, 3.63) is 84.1 Å². The van der Waals surface area contributed by atoms with Gasteiger partial charge in [0.15, 0.2) is 0 Å². The summed E-state index contributed by atoms with van der Waals surface area (Å²) in [5, 5.41) is 12.6. The molecule has 118 valence electrons. The molecular formula is C21H17NO2. The third-order valence-electron chi connectivity index (χ3n) is 4.41. The highest BCUT2D eigenvalue weighted by Gasteiger charge is 2.07. The standard InChI is InChI=1S/C21H17NO2/c23-21(24)13-15-8-9-17-10-11-22(20(17)12-15)14-18-6-3-5-16-4-1-2-7-19(16)18/h1-12H,13-14H2,(H,23,24). The zero-order valence-corrected chi connectivity index (χ0v) is 13.1. The van der Waals surface area contributed by atoms with Crippen molar-refractivity contribution >= 4 is 27.6 Å². The molecule has 0 spiro atoms. The molecule has 0 unspecified atom stereocenters. The molecule has 0 aliphatic heterocycles. The molecule has 0 fully saturated rings. The average Bonchev–Trinajstić information content (AvgIpc) is 2.97. The Bertz CT molecular complexity index is 1040. The Morgan fingerprint density at radius 3 is 2.62 bits per heavy atom. The highest BCUT2D eigenvalue weighted by molar-refractivity contribution is 5.86. The summed E-state index contributed by atoms with van der Waals surface area (Å²) >= 11 is 0. The number of fused-ring (bicyclic) bond motifs is 2. The van der Waals surface area contributed by atoms with E-state index >= 15 is 0 Å². The number of carboxylic acids is 1. The lowest BCUT2D eigenvalue weighted by Gasteiger charge is -2.10. The Balaban J connectivity index is 1.77. The molecule has 1 heterocycles. The summed E-state index contributed by atoms with van der Waals surface area (Å²) in [7, 11) is 0. The topological polar surface area (TPSA) is 42.2 Å². The summed E-state index contributed by atoms with van der Waals surface area (Å²) in [5.74, 6) is -0.804. The van der Waals surface area contributed by atoms with E-state index in [1.807, 2.05) is 18.2 Å². The lowest BCUT2D eigenvalue weighted by molar-refractivity contribution is -0.136. The molecule has 0 saturated heterocycles. The van der Waals surface area contributed by atoms with Gasteiger partial charge in [0, 0.05) is 18.3 Å². The van der Waals surface area contributed by atoms with Gasteiger partial charge < -0.3 is 9.67 Å². The van der Waals surface area contributed by atoms with Gasteiger partial charge in [-0.15, -0.1) is 0 Å². The number of aromatic nitrogens is 1. The third-order valence-corrected chi connectivity index (χ3v) is 4.41. The second-order valence-corrected chi connectivity index (χ2v) is 6.05. The van der Waals surface area contributed by atoms with E-state index in [-0.39, 0.29) is 6.42 Å². The zero-order valence-electron chi connectivity index (χ0n) is 13.1. The van der Waals surface area contributed by atoms with E-state index in [1.165, 1.54) is 16.3 Å². The predicted octanol–water partition coefficient (Wildman–Crippen LogP) is 4.47. The number of benzene rings is 3. The Morgan fingerprint density at radius 2 is 1.75 bits per heavy atom. The second kappa shape index (κ2) is 5.85. The molecule has 4 aromatic rings. The van der Waals surface area contributed by atoms with Gasteiger partial charge in [0.2, 0.25) is 0 Å². The minimum Gasteiger partial charge on any atom is -0.481 e. The van der Waals surface area contributed by atoms with E-state index in [1.54, 1.807) is 0 Å². The van der Waals surface area contributed by atoms with Gasteiger partial charge in [0.25, 0.3) is 0 Å². The number of carboxylic acid groups (broad SMARTS) is 1. The van der Waals surface area contributed by atoms with Gasteiger partial charge in [-0.2, -0.15) is 0 Å². The SMILES string of the molecule is O=C(O)Cc1ccc2ccn(Cc3cccc4ccccc34)c2c1. The van der Waals surface area contributed by atoms with Gasteiger partial charge in [0.05, 0.1) is 6.42 Å². The number of hydrogen-bond acceptors (Lipinski definition) is 1. The van der Waals surface area contributed by atoms with Crippen LogP contribution in [0, 0.1) is 0 Å². The first-order valence-electron chi connectivity index (χ1n) is 7.97. The van der Waals surface area contributed by atoms with Crippen LogP contribution in [0.15, 0.2) is 72.9 Å².